The second-order valence-electron chi connectivity index (χ2n) is 9.04. The monoisotopic (exact) mass is 451 g/mol. The number of likely N-dealkylation sites (tertiary alicyclic amines) is 1. The van der Waals surface area contributed by atoms with E-state index in [9.17, 15) is 9.59 Å². The van der Waals surface area contributed by atoms with E-state index in [0.29, 0.717) is 17.1 Å². The van der Waals surface area contributed by atoms with Crippen LogP contribution in [0.15, 0.2) is 0 Å². The van der Waals surface area contributed by atoms with Crippen LogP contribution in [0.25, 0.3) is 0 Å². The number of nitrogens with one attached hydrogen (secondary N) is 1. The van der Waals surface area contributed by atoms with Crippen molar-refractivity contribution in [3.63, 3.8) is 0 Å². The van der Waals surface area contributed by atoms with Crippen molar-refractivity contribution in [3.05, 3.63) is 11.4 Å². The number of methoxy groups -OCH3 is 1. The number of rotatable bonds is 8. The molecular formula is C22H37N5O5. The van der Waals surface area contributed by atoms with Crippen LogP contribution in [0.3, 0.4) is 0 Å². The second-order valence-corrected chi connectivity index (χ2v) is 9.04. The lowest BCUT2D eigenvalue weighted by Gasteiger charge is -2.36. The van der Waals surface area contributed by atoms with Crippen LogP contribution in [0.4, 0.5) is 10.5 Å². The summed E-state index contributed by atoms with van der Waals surface area (Å²) in [5.74, 6) is -0.116. The molecule has 1 aliphatic heterocycles. The van der Waals surface area contributed by atoms with Gasteiger partial charge < -0.3 is 24.0 Å². The number of likely N-dealkylation sites (N-methyl/N-ethyl adjacent to an activating group) is 1. The van der Waals surface area contributed by atoms with Gasteiger partial charge in [-0.05, 0) is 47.5 Å². The molecule has 32 heavy (non-hydrogen) atoms. The lowest BCUT2D eigenvalue weighted by Crippen LogP contribution is -2.47. The van der Waals surface area contributed by atoms with Gasteiger partial charge in [-0.1, -0.05) is 0 Å². The molecule has 1 saturated heterocycles. The minimum absolute atomic E-state index is 0.103. The standard InChI is InChI=1S/C22H37N5O5/c1-15-19(25-21(29)32-22(3,4)5)16(2)24-20(23-15)31-14-18(28)26(6)17-8-10-27(11-9-17)12-13-30-7/h17H,8-14H2,1-7H3,(H,25,29). The molecule has 10 heteroatoms. The summed E-state index contributed by atoms with van der Waals surface area (Å²) in [6.45, 7) is 12.2. The number of nitrogens with zero attached hydrogens (tertiary/aromatic N) is 4. The van der Waals surface area contributed by atoms with Crippen LogP contribution < -0.4 is 10.1 Å². The average molecular weight is 452 g/mol. The summed E-state index contributed by atoms with van der Waals surface area (Å²) in [7, 11) is 3.52. The maximum Gasteiger partial charge on any atom is 0.412 e. The highest BCUT2D eigenvalue weighted by Crippen LogP contribution is 2.21. The molecule has 2 rings (SSSR count). The fourth-order valence-corrected chi connectivity index (χ4v) is 3.52. The zero-order valence-corrected chi connectivity index (χ0v) is 20.4. The Balaban J connectivity index is 1.88. The third-order valence-corrected chi connectivity index (χ3v) is 5.31. The molecule has 0 atom stereocenters. The van der Waals surface area contributed by atoms with Gasteiger partial charge in [-0.2, -0.15) is 9.97 Å². The van der Waals surface area contributed by atoms with E-state index < -0.39 is 11.7 Å². The van der Waals surface area contributed by atoms with Gasteiger partial charge in [0, 0.05) is 39.8 Å². The van der Waals surface area contributed by atoms with E-state index in [1.54, 1.807) is 46.6 Å². The summed E-state index contributed by atoms with van der Waals surface area (Å²) in [5.41, 5.74) is 0.920. The maximum absolute atomic E-state index is 12.6. The van der Waals surface area contributed by atoms with Crippen LogP contribution in [-0.2, 0) is 14.3 Å². The quantitative estimate of drug-likeness (QED) is 0.642. The fourth-order valence-electron chi connectivity index (χ4n) is 3.52. The Hall–Kier alpha value is -2.46. The molecule has 0 saturated carbocycles. The third kappa shape index (κ3) is 7.90. The molecule has 0 unspecified atom stereocenters. The smallest absolute Gasteiger partial charge is 0.412 e. The highest BCUT2D eigenvalue weighted by atomic mass is 16.6. The Morgan fingerprint density at radius 3 is 2.28 bits per heavy atom. The van der Waals surface area contributed by atoms with E-state index >= 15 is 0 Å². The molecule has 2 heterocycles. The largest absolute Gasteiger partial charge is 0.453 e. The number of piperidine rings is 1. The molecule has 0 bridgehead atoms. The molecule has 0 radical (unpaired) electrons. The summed E-state index contributed by atoms with van der Waals surface area (Å²) in [5, 5.41) is 2.68. The molecule has 1 aromatic heterocycles. The SMILES string of the molecule is COCCN1CCC(N(C)C(=O)COc2nc(C)c(NC(=O)OC(C)(C)C)c(C)n2)CC1. The van der Waals surface area contributed by atoms with Gasteiger partial charge in [0.05, 0.1) is 23.7 Å². The molecule has 1 N–H and O–H groups in total. The van der Waals surface area contributed by atoms with Crippen molar-refractivity contribution in [2.45, 2.75) is 59.1 Å². The second kappa shape index (κ2) is 11.4. The van der Waals surface area contributed by atoms with Crippen molar-refractivity contribution in [1.82, 2.24) is 19.8 Å². The van der Waals surface area contributed by atoms with Crippen LogP contribution in [0.5, 0.6) is 6.01 Å². The summed E-state index contributed by atoms with van der Waals surface area (Å²) in [6.07, 6.45) is 1.27. The maximum atomic E-state index is 12.6. The zero-order chi connectivity index (χ0) is 23.9. The van der Waals surface area contributed by atoms with Crippen molar-refractivity contribution in [1.29, 1.82) is 0 Å². The van der Waals surface area contributed by atoms with Crippen LogP contribution in [0.2, 0.25) is 0 Å². The Kier molecular flexibility index (Phi) is 9.21. The first-order valence-electron chi connectivity index (χ1n) is 10.9. The summed E-state index contributed by atoms with van der Waals surface area (Å²) >= 11 is 0. The topological polar surface area (TPSA) is 106 Å². The first-order chi connectivity index (χ1) is 15.0. The number of amides is 2. The molecule has 0 aliphatic carbocycles. The Morgan fingerprint density at radius 2 is 1.75 bits per heavy atom. The number of hydrogen-bond donors (Lipinski definition) is 1. The molecule has 1 fully saturated rings. The van der Waals surface area contributed by atoms with E-state index in [-0.39, 0.29) is 24.6 Å². The number of aromatic nitrogens is 2. The Labute approximate surface area is 190 Å². The Bertz CT molecular complexity index is 764. The van der Waals surface area contributed by atoms with Gasteiger partial charge in [-0.15, -0.1) is 0 Å². The number of carbonyl (C=O) groups excluding carboxylic acids is 2. The van der Waals surface area contributed by atoms with Crippen LogP contribution >= 0.6 is 0 Å². The van der Waals surface area contributed by atoms with Gasteiger partial charge >= 0.3 is 12.1 Å². The van der Waals surface area contributed by atoms with Gasteiger partial charge in [-0.3, -0.25) is 10.1 Å². The summed E-state index contributed by atoms with van der Waals surface area (Å²) in [6, 6.07) is 0.292. The van der Waals surface area contributed by atoms with Gasteiger partial charge in [0.1, 0.15) is 5.60 Å². The van der Waals surface area contributed by atoms with Crippen molar-refractivity contribution < 1.29 is 23.8 Å². The minimum Gasteiger partial charge on any atom is -0.453 e. The highest BCUT2D eigenvalue weighted by Gasteiger charge is 2.26. The number of hydrogen-bond acceptors (Lipinski definition) is 8. The molecule has 10 nitrogen and oxygen atoms in total. The van der Waals surface area contributed by atoms with Crippen molar-refractivity contribution in [3.8, 4) is 6.01 Å². The Morgan fingerprint density at radius 1 is 1.16 bits per heavy atom. The van der Waals surface area contributed by atoms with Crippen LogP contribution in [0, 0.1) is 13.8 Å². The number of anilines is 1. The predicted molar refractivity (Wildman–Crippen MR) is 121 cm³/mol. The fraction of sp³-hybridized carbons (Fsp3) is 0.727. The first-order valence-corrected chi connectivity index (χ1v) is 10.9. The molecule has 0 aromatic carbocycles. The average Bonchev–Trinajstić information content (AvgIpc) is 2.71. The van der Waals surface area contributed by atoms with Crippen molar-refractivity contribution >= 4 is 17.7 Å². The highest BCUT2D eigenvalue weighted by molar-refractivity contribution is 5.86. The van der Waals surface area contributed by atoms with Crippen LogP contribution in [-0.4, -0.2) is 90.4 Å². The van der Waals surface area contributed by atoms with E-state index in [1.807, 2.05) is 7.05 Å². The summed E-state index contributed by atoms with van der Waals surface area (Å²) < 4.78 is 16.0. The van der Waals surface area contributed by atoms with Crippen molar-refractivity contribution in [2.75, 3.05) is 52.3 Å². The van der Waals surface area contributed by atoms with Gasteiger partial charge in [0.15, 0.2) is 6.61 Å². The molecule has 1 aromatic rings. The van der Waals surface area contributed by atoms with Crippen molar-refractivity contribution in [2.24, 2.45) is 0 Å². The van der Waals surface area contributed by atoms with Gasteiger partial charge in [-0.25, -0.2) is 4.79 Å². The lowest BCUT2D eigenvalue weighted by molar-refractivity contribution is -0.135. The number of carbonyl (C=O) groups is 2. The van der Waals surface area contributed by atoms with E-state index in [0.717, 1.165) is 39.1 Å². The van der Waals surface area contributed by atoms with E-state index in [4.69, 9.17) is 14.2 Å². The first kappa shape index (κ1) is 25.8. The molecule has 1 aliphatic rings. The zero-order valence-electron chi connectivity index (χ0n) is 20.4. The van der Waals surface area contributed by atoms with E-state index in [2.05, 4.69) is 20.2 Å². The summed E-state index contributed by atoms with van der Waals surface area (Å²) in [4.78, 5) is 37.3. The minimum atomic E-state index is -0.608. The molecule has 2 amide bonds. The van der Waals surface area contributed by atoms with Crippen LogP contribution in [0.1, 0.15) is 45.0 Å². The number of ether oxygens (including phenoxy) is 3. The lowest BCUT2D eigenvalue weighted by atomic mass is 10.0. The molecular weight excluding hydrogens is 414 g/mol. The van der Waals surface area contributed by atoms with Gasteiger partial charge in [0.2, 0.25) is 0 Å². The molecule has 180 valence electrons. The predicted octanol–water partition coefficient (Wildman–Crippen LogP) is 2.39. The number of aryl methyl sites for hydroxylation is 2. The molecule has 0 spiro atoms. The normalized spacial score (nSPS) is 15.3. The third-order valence-electron chi connectivity index (χ3n) is 5.31. The van der Waals surface area contributed by atoms with E-state index in [1.165, 1.54) is 0 Å². The van der Waals surface area contributed by atoms with Gasteiger partial charge in [0.25, 0.3) is 5.91 Å².